The van der Waals surface area contributed by atoms with Gasteiger partial charge in [0.1, 0.15) is 5.75 Å². The number of halogens is 2. The van der Waals surface area contributed by atoms with E-state index in [4.69, 9.17) is 9.84 Å². The van der Waals surface area contributed by atoms with E-state index in [-0.39, 0.29) is 13.2 Å². The van der Waals surface area contributed by atoms with E-state index in [2.05, 4.69) is 0 Å². The minimum absolute atomic E-state index is 0.112. The highest BCUT2D eigenvalue weighted by molar-refractivity contribution is 5.82. The molecular weight excluding hydrogens is 256 g/mol. The van der Waals surface area contributed by atoms with Crippen LogP contribution in [0.1, 0.15) is 5.56 Å². The van der Waals surface area contributed by atoms with E-state index < -0.39 is 25.0 Å². The molecule has 0 bridgehead atoms. The van der Waals surface area contributed by atoms with Crippen molar-refractivity contribution < 1.29 is 23.4 Å². The van der Waals surface area contributed by atoms with Crippen LogP contribution in [0.2, 0.25) is 0 Å². The van der Waals surface area contributed by atoms with Gasteiger partial charge in [-0.15, -0.1) is 0 Å². The van der Waals surface area contributed by atoms with Gasteiger partial charge in [0.05, 0.1) is 13.2 Å². The Morgan fingerprint density at radius 1 is 1.47 bits per heavy atom. The number of para-hydroxylation sites is 1. The van der Waals surface area contributed by atoms with E-state index in [9.17, 15) is 13.6 Å². The highest BCUT2D eigenvalue weighted by atomic mass is 19.3. The molecule has 1 amide bonds. The molecule has 1 aliphatic heterocycles. The first-order valence-corrected chi connectivity index (χ1v) is 6.04. The standard InChI is InChI=1S/C13H15F2NO3/c14-12(15)8-16(5-6-17)13(18)11-7-9-3-1-2-4-10(9)19-11/h1-4,11-12,17H,5-8H2. The fraction of sp³-hybridized carbons (Fsp3) is 0.462. The number of benzene rings is 1. The first-order chi connectivity index (χ1) is 9.11. The van der Waals surface area contributed by atoms with Crippen molar-refractivity contribution in [2.75, 3.05) is 19.7 Å². The molecule has 0 aromatic heterocycles. The van der Waals surface area contributed by atoms with Gasteiger partial charge in [0, 0.05) is 13.0 Å². The molecule has 0 spiro atoms. The summed E-state index contributed by atoms with van der Waals surface area (Å²) in [6.07, 6.45) is -3.03. The van der Waals surface area contributed by atoms with Crippen molar-refractivity contribution in [1.29, 1.82) is 0 Å². The second-order valence-electron chi connectivity index (χ2n) is 4.32. The number of alkyl halides is 2. The lowest BCUT2D eigenvalue weighted by molar-refractivity contribution is -0.140. The molecule has 1 atom stereocenters. The topological polar surface area (TPSA) is 49.8 Å². The van der Waals surface area contributed by atoms with Crippen LogP contribution in [0.25, 0.3) is 0 Å². The molecule has 0 radical (unpaired) electrons. The Bertz CT molecular complexity index is 428. The lowest BCUT2D eigenvalue weighted by Gasteiger charge is -2.24. The van der Waals surface area contributed by atoms with Crippen molar-refractivity contribution in [3.63, 3.8) is 0 Å². The average Bonchev–Trinajstić information content (AvgIpc) is 2.80. The highest BCUT2D eigenvalue weighted by Gasteiger charge is 2.32. The third-order valence-electron chi connectivity index (χ3n) is 2.96. The molecule has 0 fully saturated rings. The summed E-state index contributed by atoms with van der Waals surface area (Å²) >= 11 is 0. The van der Waals surface area contributed by atoms with E-state index in [0.29, 0.717) is 12.2 Å². The first kappa shape index (κ1) is 13.7. The van der Waals surface area contributed by atoms with Crippen LogP contribution >= 0.6 is 0 Å². The molecule has 2 rings (SSSR count). The minimum Gasteiger partial charge on any atom is -0.480 e. The Balaban J connectivity index is 2.04. The number of nitrogens with zero attached hydrogens (tertiary/aromatic N) is 1. The Hall–Kier alpha value is -1.69. The van der Waals surface area contributed by atoms with Crippen molar-refractivity contribution in [1.82, 2.24) is 4.90 Å². The van der Waals surface area contributed by atoms with Crippen LogP contribution in [0.3, 0.4) is 0 Å². The van der Waals surface area contributed by atoms with Crippen molar-refractivity contribution in [3.05, 3.63) is 29.8 Å². The summed E-state index contributed by atoms with van der Waals surface area (Å²) in [5.74, 6) is 0.104. The molecule has 1 heterocycles. The maximum absolute atomic E-state index is 12.4. The van der Waals surface area contributed by atoms with E-state index in [1.54, 1.807) is 12.1 Å². The predicted octanol–water partition coefficient (Wildman–Crippen LogP) is 1.08. The molecular formula is C13H15F2NO3. The van der Waals surface area contributed by atoms with E-state index >= 15 is 0 Å². The van der Waals surface area contributed by atoms with Crippen LogP contribution in [0, 0.1) is 0 Å². The molecule has 19 heavy (non-hydrogen) atoms. The first-order valence-electron chi connectivity index (χ1n) is 6.04. The molecule has 1 aromatic rings. The molecule has 104 valence electrons. The smallest absolute Gasteiger partial charge is 0.264 e. The second-order valence-corrected chi connectivity index (χ2v) is 4.32. The zero-order valence-corrected chi connectivity index (χ0v) is 10.3. The van der Waals surface area contributed by atoms with Crippen LogP contribution in [0.4, 0.5) is 8.78 Å². The summed E-state index contributed by atoms with van der Waals surface area (Å²) in [7, 11) is 0. The predicted molar refractivity (Wildman–Crippen MR) is 64.2 cm³/mol. The Morgan fingerprint density at radius 3 is 2.84 bits per heavy atom. The van der Waals surface area contributed by atoms with Gasteiger partial charge >= 0.3 is 0 Å². The van der Waals surface area contributed by atoms with E-state index in [0.717, 1.165) is 10.5 Å². The average molecular weight is 271 g/mol. The molecule has 0 aliphatic carbocycles. The number of carbonyl (C=O) groups excluding carboxylic acids is 1. The van der Waals surface area contributed by atoms with Gasteiger partial charge in [-0.3, -0.25) is 4.79 Å². The number of aliphatic hydroxyl groups excluding tert-OH is 1. The number of ether oxygens (including phenoxy) is 1. The van der Waals surface area contributed by atoms with Crippen LogP contribution in [-0.4, -0.2) is 48.1 Å². The maximum atomic E-state index is 12.4. The summed E-state index contributed by atoms with van der Waals surface area (Å²) in [5, 5.41) is 8.84. The number of hydrogen-bond acceptors (Lipinski definition) is 3. The van der Waals surface area contributed by atoms with Gasteiger partial charge in [-0.1, -0.05) is 18.2 Å². The number of hydrogen-bond donors (Lipinski definition) is 1. The normalized spacial score (nSPS) is 17.2. The monoisotopic (exact) mass is 271 g/mol. The fourth-order valence-corrected chi connectivity index (χ4v) is 2.10. The zero-order chi connectivity index (χ0) is 13.8. The molecule has 0 saturated carbocycles. The summed E-state index contributed by atoms with van der Waals surface area (Å²) in [5.41, 5.74) is 0.891. The lowest BCUT2D eigenvalue weighted by Crippen LogP contribution is -2.44. The fourth-order valence-electron chi connectivity index (χ4n) is 2.10. The van der Waals surface area contributed by atoms with Crippen LogP contribution in [0.5, 0.6) is 5.75 Å². The van der Waals surface area contributed by atoms with Gasteiger partial charge in [0.2, 0.25) is 0 Å². The highest BCUT2D eigenvalue weighted by Crippen LogP contribution is 2.28. The van der Waals surface area contributed by atoms with Crippen molar-refractivity contribution in [3.8, 4) is 5.75 Å². The van der Waals surface area contributed by atoms with Crippen LogP contribution < -0.4 is 4.74 Å². The molecule has 1 unspecified atom stereocenters. The molecule has 1 N–H and O–H groups in total. The maximum Gasteiger partial charge on any atom is 0.264 e. The number of carbonyl (C=O) groups is 1. The molecule has 4 nitrogen and oxygen atoms in total. The van der Waals surface area contributed by atoms with Gasteiger partial charge < -0.3 is 14.7 Å². The zero-order valence-electron chi connectivity index (χ0n) is 10.3. The Morgan fingerprint density at radius 2 is 2.21 bits per heavy atom. The minimum atomic E-state index is -2.63. The quantitative estimate of drug-likeness (QED) is 0.871. The SMILES string of the molecule is O=C(C1Cc2ccccc2O1)N(CCO)CC(F)F. The number of fused-ring (bicyclic) bond motifs is 1. The van der Waals surface area contributed by atoms with Crippen LogP contribution in [-0.2, 0) is 11.2 Å². The summed E-state index contributed by atoms with van der Waals surface area (Å²) in [6.45, 7) is -1.15. The Labute approximate surface area is 109 Å². The Kier molecular flexibility index (Phi) is 4.31. The van der Waals surface area contributed by atoms with Gasteiger partial charge in [-0.05, 0) is 11.6 Å². The third-order valence-corrected chi connectivity index (χ3v) is 2.96. The summed E-state index contributed by atoms with van der Waals surface area (Å²) < 4.78 is 30.3. The van der Waals surface area contributed by atoms with Gasteiger partial charge in [0.25, 0.3) is 12.3 Å². The van der Waals surface area contributed by atoms with E-state index in [1.807, 2.05) is 12.1 Å². The summed E-state index contributed by atoms with van der Waals surface area (Å²) in [4.78, 5) is 13.0. The van der Waals surface area contributed by atoms with Gasteiger partial charge in [-0.25, -0.2) is 8.78 Å². The molecule has 1 aromatic carbocycles. The number of amides is 1. The van der Waals surface area contributed by atoms with Crippen LogP contribution in [0.15, 0.2) is 24.3 Å². The molecule has 0 saturated heterocycles. The van der Waals surface area contributed by atoms with Gasteiger partial charge in [-0.2, -0.15) is 0 Å². The second kappa shape index (κ2) is 5.97. The van der Waals surface area contributed by atoms with Crippen molar-refractivity contribution >= 4 is 5.91 Å². The van der Waals surface area contributed by atoms with Crippen molar-refractivity contribution in [2.24, 2.45) is 0 Å². The third kappa shape index (κ3) is 3.20. The molecule has 1 aliphatic rings. The van der Waals surface area contributed by atoms with Gasteiger partial charge in [0.15, 0.2) is 6.10 Å². The lowest BCUT2D eigenvalue weighted by atomic mass is 10.1. The number of aliphatic hydroxyl groups is 1. The largest absolute Gasteiger partial charge is 0.480 e. The van der Waals surface area contributed by atoms with E-state index in [1.165, 1.54) is 0 Å². The molecule has 6 heteroatoms. The summed E-state index contributed by atoms with van der Waals surface area (Å²) in [6, 6.07) is 7.20. The number of rotatable bonds is 5. The van der Waals surface area contributed by atoms with Crippen molar-refractivity contribution in [2.45, 2.75) is 19.0 Å².